The van der Waals surface area contributed by atoms with Crippen molar-refractivity contribution in [3.05, 3.63) is 95.6 Å². The lowest BCUT2D eigenvalue weighted by atomic mass is 9.89. The van der Waals surface area contributed by atoms with Crippen LogP contribution in [0.2, 0.25) is 0 Å². The summed E-state index contributed by atoms with van der Waals surface area (Å²) in [5, 5.41) is 17.6. The van der Waals surface area contributed by atoms with Gasteiger partial charge < -0.3 is 48.9 Å². The molecule has 2 aliphatic rings. The predicted molar refractivity (Wildman–Crippen MR) is 254 cm³/mol. The Kier molecular flexibility index (Phi) is 17.5. The fourth-order valence-electron chi connectivity index (χ4n) is 7.14. The third kappa shape index (κ3) is 13.2. The van der Waals surface area contributed by atoms with Crippen molar-refractivity contribution in [3.8, 4) is 0 Å². The summed E-state index contributed by atoms with van der Waals surface area (Å²) in [6, 6.07) is 15.2. The highest BCUT2D eigenvalue weighted by Crippen LogP contribution is 2.36. The smallest absolute Gasteiger partial charge is 0.394 e. The van der Waals surface area contributed by atoms with Gasteiger partial charge in [-0.1, -0.05) is 63.5 Å². The Morgan fingerprint density at radius 3 is 1.71 bits per heavy atom. The Balaban J connectivity index is 0.000000231. The fourth-order valence-corrected chi connectivity index (χ4v) is 8.57. The van der Waals surface area contributed by atoms with Crippen LogP contribution in [0.1, 0.15) is 98.3 Å². The molecule has 19 nitrogen and oxygen atoms in total. The van der Waals surface area contributed by atoms with Crippen molar-refractivity contribution in [2.45, 2.75) is 66.5 Å². The number of nitrogen functional groups attached to an aromatic ring is 2. The predicted octanol–water partition coefficient (Wildman–Crippen LogP) is 5.73. The molecule has 0 spiro atoms. The Morgan fingerprint density at radius 2 is 1.20 bits per heavy atom. The average Bonchev–Trinajstić information content (AvgIpc) is 3.83. The number of primary amides is 2. The number of benzene rings is 2. The molecule has 12 N–H and O–H groups in total. The van der Waals surface area contributed by atoms with Crippen LogP contribution in [0.25, 0.3) is 20.4 Å². The Hall–Kier alpha value is -7.10. The minimum Gasteiger partial charge on any atom is -0.474 e. The molecule has 0 aliphatic carbocycles. The Morgan fingerprint density at radius 1 is 0.692 bits per heavy atom. The van der Waals surface area contributed by atoms with Crippen LogP contribution in [0.4, 0.5) is 21.6 Å². The number of amides is 5. The molecule has 2 saturated heterocycles. The van der Waals surface area contributed by atoms with Crippen LogP contribution < -0.4 is 38.9 Å². The lowest BCUT2D eigenvalue weighted by molar-refractivity contribution is -0.147. The third-order valence-corrected chi connectivity index (χ3v) is 12.1. The largest absolute Gasteiger partial charge is 0.474 e. The first kappa shape index (κ1) is 50.5. The molecule has 0 radical (unpaired) electrons. The number of nitrogens with one attached hydrogen (secondary N) is 3. The zero-order chi connectivity index (χ0) is 45.4. The van der Waals surface area contributed by atoms with Gasteiger partial charge in [0.15, 0.2) is 10.3 Å². The van der Waals surface area contributed by atoms with Crippen LogP contribution in [0.15, 0.2) is 73.3 Å². The molecule has 4 atom stereocenters. The van der Waals surface area contributed by atoms with E-state index in [0.29, 0.717) is 22.8 Å². The second-order valence-electron chi connectivity index (χ2n) is 15.2. The number of aliphatic carboxylic acids is 1. The number of fused-ring (bicyclic) bond motifs is 2. The number of nitrogens with two attached hydrogens (primary N) is 4. The van der Waals surface area contributed by atoms with Gasteiger partial charge in [0, 0.05) is 25.0 Å². The van der Waals surface area contributed by atoms with Crippen LogP contribution in [-0.4, -0.2) is 78.5 Å². The molecule has 0 unspecified atom stereocenters. The van der Waals surface area contributed by atoms with Gasteiger partial charge in [0.1, 0.15) is 0 Å². The van der Waals surface area contributed by atoms with Crippen LogP contribution in [0.3, 0.4) is 0 Å². The summed E-state index contributed by atoms with van der Waals surface area (Å²) < 4.78 is 2.15. The van der Waals surface area contributed by atoms with Crippen molar-refractivity contribution >= 4 is 100 Å². The monoisotopic (exact) mass is 926 g/mol. The first-order chi connectivity index (χ1) is 30.0. The standard InChI is InChI=1S/C21H22N6O3S.C13H17N3S.C8H7N3O4.2CH4/c1-11-2-4-16(12-3-5-17-15(7-12)26-21(23)31-17)27(10-11)20(30)19(29)25-14-6-13(18(22)28)8-24-9-14;1-8-2-4-10(15-7-8)9-3-5-12-11(6-9)16-13(14)17-12;9-6(12)4-1-5(3-10-2-4)11-7(13)8(14)15;;/h3,5-9,11,16H,2,4,10H2,1H3,(H2,22,28)(H2,23,26)(H,25,29);3,5-6,8,10,15H,2,4,7H2,1H3,(H2,14,16);1-3H,(H2,9,12)(H,11,13)(H,14,15);2*1H4/t11-,16+;8-,10+;;;/m10.../s1. The minimum atomic E-state index is -1.63. The maximum atomic E-state index is 13.1. The van der Waals surface area contributed by atoms with E-state index in [4.69, 9.17) is 28.0 Å². The molecule has 6 heterocycles. The lowest BCUT2D eigenvalue weighted by Gasteiger charge is -2.38. The minimum absolute atomic E-state index is 0. The van der Waals surface area contributed by atoms with Crippen LogP contribution in [0.5, 0.6) is 0 Å². The number of anilines is 4. The van der Waals surface area contributed by atoms with Crippen molar-refractivity contribution in [3.63, 3.8) is 0 Å². The Labute approximate surface area is 383 Å². The second-order valence-corrected chi connectivity index (χ2v) is 17.3. The summed E-state index contributed by atoms with van der Waals surface area (Å²) in [7, 11) is 0. The van der Waals surface area contributed by atoms with Gasteiger partial charge in [0.05, 0.1) is 61.4 Å². The van der Waals surface area contributed by atoms with Gasteiger partial charge in [-0.3, -0.25) is 33.9 Å². The third-order valence-electron chi connectivity index (χ3n) is 10.3. The molecule has 8 rings (SSSR count). The van der Waals surface area contributed by atoms with E-state index in [0.717, 1.165) is 46.6 Å². The summed E-state index contributed by atoms with van der Waals surface area (Å²) in [5.74, 6) is -4.58. The van der Waals surface area contributed by atoms with E-state index >= 15 is 0 Å². The summed E-state index contributed by atoms with van der Waals surface area (Å²) >= 11 is 2.96. The number of carboxylic acids is 1. The summed E-state index contributed by atoms with van der Waals surface area (Å²) in [6.45, 7) is 5.93. The number of carbonyl (C=O) groups is 6. The molecule has 4 aromatic heterocycles. The fraction of sp³-hybridized carbons (Fsp3) is 0.318. The summed E-state index contributed by atoms with van der Waals surface area (Å²) in [5.41, 5.74) is 26.4. The maximum absolute atomic E-state index is 13.1. The number of hydrogen-bond acceptors (Lipinski definition) is 15. The van der Waals surface area contributed by atoms with Gasteiger partial charge >= 0.3 is 23.7 Å². The molecular formula is C44H54N12O7S2. The molecule has 0 bridgehead atoms. The number of carboxylic acid groups (broad SMARTS) is 1. The summed E-state index contributed by atoms with van der Waals surface area (Å²) in [4.78, 5) is 86.6. The number of hydrogen-bond donors (Lipinski definition) is 8. The molecular weight excluding hydrogens is 873 g/mol. The van der Waals surface area contributed by atoms with E-state index in [2.05, 4.69) is 62.6 Å². The normalized spacial score (nSPS) is 17.7. The molecule has 65 heavy (non-hydrogen) atoms. The average molecular weight is 927 g/mol. The van der Waals surface area contributed by atoms with Crippen LogP contribution >= 0.6 is 22.7 Å². The van der Waals surface area contributed by atoms with Crippen molar-refractivity contribution in [2.75, 3.05) is 35.2 Å². The topological polar surface area (TPSA) is 318 Å². The van der Waals surface area contributed by atoms with E-state index in [1.54, 1.807) is 16.2 Å². The summed E-state index contributed by atoms with van der Waals surface area (Å²) in [6.07, 6.45) is 9.26. The van der Waals surface area contributed by atoms with Crippen molar-refractivity contribution in [1.29, 1.82) is 0 Å². The number of pyridine rings is 2. The number of piperidine rings is 2. The van der Waals surface area contributed by atoms with Crippen molar-refractivity contribution in [1.82, 2.24) is 30.2 Å². The van der Waals surface area contributed by atoms with E-state index in [1.807, 2.05) is 23.5 Å². The lowest BCUT2D eigenvalue weighted by Crippen LogP contribution is -2.46. The van der Waals surface area contributed by atoms with Gasteiger partial charge in [-0.15, -0.1) is 0 Å². The number of rotatable bonds is 6. The van der Waals surface area contributed by atoms with E-state index < -0.39 is 35.5 Å². The first-order valence-corrected chi connectivity index (χ1v) is 21.4. The molecule has 2 fully saturated rings. The van der Waals surface area contributed by atoms with Crippen LogP contribution in [0, 0.1) is 11.8 Å². The second kappa shape index (κ2) is 22.5. The molecule has 2 aromatic carbocycles. The Bertz CT molecular complexity index is 2680. The highest BCUT2D eigenvalue weighted by atomic mass is 32.1. The van der Waals surface area contributed by atoms with Crippen molar-refractivity contribution in [2.24, 2.45) is 23.3 Å². The van der Waals surface area contributed by atoms with E-state index in [-0.39, 0.29) is 49.3 Å². The molecule has 5 amide bonds. The first-order valence-electron chi connectivity index (χ1n) is 19.8. The van der Waals surface area contributed by atoms with Crippen molar-refractivity contribution < 1.29 is 33.9 Å². The van der Waals surface area contributed by atoms with E-state index in [9.17, 15) is 28.8 Å². The number of carbonyl (C=O) groups excluding carboxylic acids is 5. The number of aromatic nitrogens is 4. The molecule has 6 aromatic rings. The van der Waals surface area contributed by atoms with E-state index in [1.165, 1.54) is 71.4 Å². The zero-order valence-corrected chi connectivity index (χ0v) is 35.9. The maximum Gasteiger partial charge on any atom is 0.394 e. The SMILES string of the molecule is C.C.C[C@@H]1CC[C@@H](c2ccc3sc(N)nc3c2)N(C(=O)C(=O)Nc2cncc(C(N)=O)c2)C1.C[C@H]1CC[C@H](c2ccc3sc(N)nc3c2)NC1.NC(=O)c1cncc(NC(=O)C(=O)O)c1. The molecule has 21 heteroatoms. The van der Waals surface area contributed by atoms with Gasteiger partial charge in [-0.05, 0) is 91.6 Å². The number of thiazole rings is 2. The van der Waals surface area contributed by atoms with Crippen LogP contribution in [-0.2, 0) is 19.2 Å². The van der Waals surface area contributed by atoms with Gasteiger partial charge in [0.2, 0.25) is 11.8 Å². The number of nitrogens with zero attached hydrogens (tertiary/aromatic N) is 5. The highest BCUT2D eigenvalue weighted by Gasteiger charge is 2.34. The quantitative estimate of drug-likeness (QED) is 0.0926. The highest BCUT2D eigenvalue weighted by molar-refractivity contribution is 7.22. The van der Waals surface area contributed by atoms with Gasteiger partial charge in [0.25, 0.3) is 0 Å². The zero-order valence-electron chi connectivity index (χ0n) is 34.2. The van der Waals surface area contributed by atoms with Gasteiger partial charge in [-0.2, -0.15) is 0 Å². The molecule has 2 aliphatic heterocycles. The number of likely N-dealkylation sites (tertiary alicyclic amines) is 1. The molecule has 0 saturated carbocycles. The molecule has 344 valence electrons. The van der Waals surface area contributed by atoms with Gasteiger partial charge in [-0.25, -0.2) is 14.8 Å².